The summed E-state index contributed by atoms with van der Waals surface area (Å²) < 4.78 is 20.9. The minimum absolute atomic E-state index is 1.17. The molecule has 2 aromatic carbocycles. The van der Waals surface area contributed by atoms with Gasteiger partial charge in [0.05, 0.1) is 0 Å². The molecule has 0 saturated carbocycles. The quantitative estimate of drug-likeness (QED) is 0.451. The van der Waals surface area contributed by atoms with Crippen molar-refractivity contribution < 1.29 is 12.3 Å². The van der Waals surface area contributed by atoms with Gasteiger partial charge in [-0.25, -0.2) is 0 Å². The molecule has 0 atom stereocenters. The molecule has 0 aliphatic rings. The fourth-order valence-electron chi connectivity index (χ4n) is 3.98. The molecule has 2 aromatic rings. The topological polar surface area (TPSA) is 27.7 Å². The van der Waals surface area contributed by atoms with E-state index in [1.165, 1.54) is 29.3 Å². The zero-order valence-electron chi connectivity index (χ0n) is 19.3. The van der Waals surface area contributed by atoms with Gasteiger partial charge in [0.1, 0.15) is 0 Å². The van der Waals surface area contributed by atoms with Crippen molar-refractivity contribution in [3.8, 4) is 0 Å². The van der Waals surface area contributed by atoms with E-state index in [9.17, 15) is 0 Å². The maximum atomic E-state index is 7.13. The number of hydrogen-bond donors (Lipinski definition) is 0. The molecule has 0 fully saturated rings. The second-order valence-corrected chi connectivity index (χ2v) is 23.9. The zero-order chi connectivity index (χ0) is 21.5. The molecule has 0 unspecified atom stereocenters. The summed E-state index contributed by atoms with van der Waals surface area (Å²) in [4.78, 5) is 0. The number of unbranched alkanes of at least 4 members (excludes halogenated alkanes) is 1. The van der Waals surface area contributed by atoms with Crippen molar-refractivity contribution in [2.24, 2.45) is 0 Å². The molecule has 162 valence electrons. The molecule has 0 aliphatic carbocycles. The summed E-state index contributed by atoms with van der Waals surface area (Å²) in [6, 6.07) is 22.3. The summed E-state index contributed by atoms with van der Waals surface area (Å²) in [5.74, 6) is 0. The second kappa shape index (κ2) is 10.5. The van der Waals surface area contributed by atoms with E-state index in [2.05, 4.69) is 107 Å². The van der Waals surface area contributed by atoms with E-state index < -0.39 is 34.5 Å². The third-order valence-corrected chi connectivity index (χ3v) is 20.1. The number of rotatable bonds is 11. The van der Waals surface area contributed by atoms with Crippen molar-refractivity contribution in [1.29, 1.82) is 0 Å². The molecule has 2 rings (SSSR count). The van der Waals surface area contributed by atoms with Crippen LogP contribution in [0.1, 0.15) is 19.8 Å². The average molecular weight is 464 g/mol. The first-order valence-corrected chi connectivity index (χ1v) is 22.0. The van der Waals surface area contributed by atoms with Gasteiger partial charge in [0.15, 0.2) is 0 Å². The van der Waals surface area contributed by atoms with Gasteiger partial charge in [-0.05, 0) is 0 Å². The molecule has 0 aliphatic heterocycles. The molecule has 0 N–H and O–H groups in total. The van der Waals surface area contributed by atoms with E-state index in [1.807, 2.05) is 0 Å². The van der Waals surface area contributed by atoms with Gasteiger partial charge < -0.3 is 0 Å². The summed E-state index contributed by atoms with van der Waals surface area (Å²) >= 11 is 0. The Morgan fingerprint density at radius 2 is 1.34 bits per heavy atom. The van der Waals surface area contributed by atoms with E-state index in [-0.39, 0.29) is 0 Å². The van der Waals surface area contributed by atoms with Gasteiger partial charge in [0, 0.05) is 0 Å². The summed E-state index contributed by atoms with van der Waals surface area (Å²) in [5, 5.41) is 2.35. The molecule has 3 nitrogen and oxygen atoms in total. The second-order valence-electron chi connectivity index (χ2n) is 9.31. The van der Waals surface area contributed by atoms with Gasteiger partial charge in [-0.1, -0.05) is 0 Å². The van der Waals surface area contributed by atoms with Crippen LogP contribution < -0.4 is 10.4 Å². The summed E-state index contributed by atoms with van der Waals surface area (Å²) in [6.45, 7) is 15.8. The van der Waals surface area contributed by atoms with Crippen LogP contribution in [0, 0.1) is 0 Å². The average Bonchev–Trinajstić information content (AvgIpc) is 2.66. The Morgan fingerprint density at radius 3 is 1.76 bits per heavy atom. The van der Waals surface area contributed by atoms with Crippen LogP contribution in [0.5, 0.6) is 0 Å². The Bertz CT molecular complexity index is 697. The van der Waals surface area contributed by atoms with Gasteiger partial charge in [-0.3, -0.25) is 0 Å². The molecule has 0 saturated heterocycles. The number of benzene rings is 2. The molecule has 0 amide bonds. The Labute approximate surface area is 182 Å². The first-order valence-electron chi connectivity index (χ1n) is 11.0. The van der Waals surface area contributed by atoms with E-state index in [0.29, 0.717) is 0 Å². The normalized spacial score (nSPS) is 13.7. The molecule has 0 heterocycles. The SMILES string of the molecule is CCCC[SiH-](C)(C)O[Si](C)(C)O[Si](O[SiH](C)C)(c1ccccc1)c1ccccc1. The fraction of sp³-hybridized carbons (Fsp3) is 0.455. The van der Waals surface area contributed by atoms with Crippen molar-refractivity contribution in [1.82, 2.24) is 0 Å². The molecule has 0 aromatic heterocycles. The molecule has 7 heteroatoms. The summed E-state index contributed by atoms with van der Waals surface area (Å²) in [5.41, 5.74) is 0. The molecule has 0 spiro atoms. The Hall–Kier alpha value is -0.812. The molecule has 0 radical (unpaired) electrons. The van der Waals surface area contributed by atoms with Crippen molar-refractivity contribution >= 4 is 44.9 Å². The van der Waals surface area contributed by atoms with Crippen LogP contribution in [0.2, 0.25) is 45.3 Å². The van der Waals surface area contributed by atoms with E-state index >= 15 is 0 Å². The van der Waals surface area contributed by atoms with Crippen LogP contribution in [0.15, 0.2) is 60.7 Å². The van der Waals surface area contributed by atoms with Gasteiger partial charge in [-0.2, -0.15) is 0 Å². The summed E-state index contributed by atoms with van der Waals surface area (Å²) in [6.07, 6.45) is 2.45. The predicted molar refractivity (Wildman–Crippen MR) is 136 cm³/mol. The monoisotopic (exact) mass is 463 g/mol. The molecule has 0 bridgehead atoms. The predicted octanol–water partition coefficient (Wildman–Crippen LogP) is 4.72. The van der Waals surface area contributed by atoms with Crippen molar-refractivity contribution in [2.45, 2.75) is 65.1 Å². The van der Waals surface area contributed by atoms with Gasteiger partial charge in [0.2, 0.25) is 0 Å². The molecular weight excluding hydrogens is 425 g/mol. The van der Waals surface area contributed by atoms with E-state index in [0.717, 1.165) is 0 Å². The van der Waals surface area contributed by atoms with Gasteiger partial charge >= 0.3 is 183 Å². The summed E-state index contributed by atoms with van der Waals surface area (Å²) in [7, 11) is -8.76. The van der Waals surface area contributed by atoms with E-state index in [4.69, 9.17) is 12.3 Å². The standard InChI is InChI=1S/C22H39O3Si4/c1-8-9-20-27(4,5)24-28(6,7)25-29(23-26(2)3,21-16-12-10-13-17-21)22-18-14-11-15-19-22/h10-19,26-27H,8-9,20H2,1-7H3/q-1. The Balaban J connectivity index is 2.49. The van der Waals surface area contributed by atoms with Crippen LogP contribution in [-0.2, 0) is 12.3 Å². The van der Waals surface area contributed by atoms with Crippen molar-refractivity contribution in [3.63, 3.8) is 0 Å². The third kappa shape index (κ3) is 7.13. The third-order valence-electron chi connectivity index (χ3n) is 4.95. The number of hydrogen-bond acceptors (Lipinski definition) is 3. The zero-order valence-corrected chi connectivity index (χ0v) is 23.6. The van der Waals surface area contributed by atoms with Crippen LogP contribution in [-0.4, -0.2) is 34.5 Å². The van der Waals surface area contributed by atoms with E-state index in [1.54, 1.807) is 0 Å². The maximum absolute atomic E-state index is 7.13. The van der Waals surface area contributed by atoms with Gasteiger partial charge in [-0.15, -0.1) is 0 Å². The van der Waals surface area contributed by atoms with Crippen LogP contribution in [0.4, 0.5) is 0 Å². The Kier molecular flexibility index (Phi) is 8.83. The minimum atomic E-state index is -2.85. The fourth-order valence-corrected chi connectivity index (χ4v) is 22.3. The van der Waals surface area contributed by atoms with Crippen LogP contribution in [0.3, 0.4) is 0 Å². The van der Waals surface area contributed by atoms with Crippen molar-refractivity contribution in [2.75, 3.05) is 0 Å². The van der Waals surface area contributed by atoms with Gasteiger partial charge in [0.25, 0.3) is 0 Å². The molecular formula is C22H39O3Si4-. The Morgan fingerprint density at radius 1 is 0.862 bits per heavy atom. The van der Waals surface area contributed by atoms with Crippen LogP contribution >= 0.6 is 0 Å². The molecule has 29 heavy (non-hydrogen) atoms. The van der Waals surface area contributed by atoms with Crippen molar-refractivity contribution in [3.05, 3.63) is 60.7 Å². The van der Waals surface area contributed by atoms with Crippen LogP contribution in [0.25, 0.3) is 0 Å². The first-order chi connectivity index (χ1) is 13.6. The first kappa shape index (κ1) is 24.5.